The molecule has 1 aliphatic rings. The van der Waals surface area contributed by atoms with Gasteiger partial charge in [0.1, 0.15) is 0 Å². The molecule has 10 heteroatoms. The molecule has 0 radical (unpaired) electrons. The SMILES string of the molecule is CCCOC(=O)c1ccc(N2N=C(C(F)(F)F)C(=Cc3ccc(OCC)c(OC)c3)C2=O)cc1. The minimum Gasteiger partial charge on any atom is -0.493 e. The van der Waals surface area contributed by atoms with Crippen molar-refractivity contribution in [1.29, 1.82) is 0 Å². The first-order valence-corrected chi connectivity index (χ1v) is 10.5. The number of nitrogens with zero attached hydrogens (tertiary/aromatic N) is 2. The first-order chi connectivity index (χ1) is 16.2. The second-order valence-corrected chi connectivity index (χ2v) is 7.15. The van der Waals surface area contributed by atoms with Crippen LogP contribution in [0.4, 0.5) is 18.9 Å². The van der Waals surface area contributed by atoms with E-state index in [0.717, 1.165) is 6.08 Å². The lowest BCUT2D eigenvalue weighted by atomic mass is 10.1. The smallest absolute Gasteiger partial charge is 0.435 e. The number of halogens is 3. The van der Waals surface area contributed by atoms with Gasteiger partial charge in [-0.25, -0.2) is 4.79 Å². The zero-order chi connectivity index (χ0) is 24.9. The second-order valence-electron chi connectivity index (χ2n) is 7.15. The number of ether oxygens (including phenoxy) is 3. The predicted octanol–water partition coefficient (Wildman–Crippen LogP) is 5.01. The van der Waals surface area contributed by atoms with Crippen LogP contribution in [0.15, 0.2) is 53.1 Å². The number of benzene rings is 2. The van der Waals surface area contributed by atoms with Crippen molar-refractivity contribution >= 4 is 29.4 Å². The van der Waals surface area contributed by atoms with Crippen LogP contribution in [0, 0.1) is 0 Å². The number of hydrogen-bond donors (Lipinski definition) is 0. The van der Waals surface area contributed by atoms with Crippen molar-refractivity contribution < 1.29 is 37.0 Å². The van der Waals surface area contributed by atoms with Gasteiger partial charge in [0.2, 0.25) is 0 Å². The second kappa shape index (κ2) is 10.4. The van der Waals surface area contributed by atoms with Crippen LogP contribution in [-0.2, 0) is 9.53 Å². The lowest BCUT2D eigenvalue weighted by molar-refractivity contribution is -0.114. The number of esters is 1. The number of carbonyl (C=O) groups is 2. The van der Waals surface area contributed by atoms with Crippen molar-refractivity contribution in [3.63, 3.8) is 0 Å². The van der Waals surface area contributed by atoms with Gasteiger partial charge in [-0.15, -0.1) is 0 Å². The van der Waals surface area contributed by atoms with Crippen LogP contribution in [0.2, 0.25) is 0 Å². The van der Waals surface area contributed by atoms with E-state index in [4.69, 9.17) is 14.2 Å². The highest BCUT2D eigenvalue weighted by Gasteiger charge is 2.46. The van der Waals surface area contributed by atoms with E-state index in [1.165, 1.54) is 43.5 Å². The van der Waals surface area contributed by atoms with E-state index in [0.29, 0.717) is 35.1 Å². The first kappa shape index (κ1) is 24.8. The third-order valence-electron chi connectivity index (χ3n) is 4.73. The fourth-order valence-corrected chi connectivity index (χ4v) is 3.16. The summed E-state index contributed by atoms with van der Waals surface area (Å²) in [5, 5.41) is 4.19. The molecule has 0 bridgehead atoms. The molecule has 0 spiro atoms. The van der Waals surface area contributed by atoms with E-state index in [1.54, 1.807) is 13.0 Å². The largest absolute Gasteiger partial charge is 0.493 e. The summed E-state index contributed by atoms with van der Waals surface area (Å²) >= 11 is 0. The molecule has 7 nitrogen and oxygen atoms in total. The summed E-state index contributed by atoms with van der Waals surface area (Å²) < 4.78 is 56.8. The van der Waals surface area contributed by atoms with Crippen molar-refractivity contribution in [3.8, 4) is 11.5 Å². The average Bonchev–Trinajstić information content (AvgIpc) is 3.15. The molecule has 2 aromatic rings. The molecule has 34 heavy (non-hydrogen) atoms. The highest BCUT2D eigenvalue weighted by atomic mass is 19.4. The summed E-state index contributed by atoms with van der Waals surface area (Å²) in [6.45, 7) is 4.26. The summed E-state index contributed by atoms with van der Waals surface area (Å²) in [6, 6.07) is 9.93. The van der Waals surface area contributed by atoms with Gasteiger partial charge in [-0.2, -0.15) is 23.3 Å². The van der Waals surface area contributed by atoms with Crippen LogP contribution in [-0.4, -0.2) is 44.1 Å². The number of hydrogen-bond acceptors (Lipinski definition) is 6. The third-order valence-corrected chi connectivity index (χ3v) is 4.73. The number of amides is 1. The fourth-order valence-electron chi connectivity index (χ4n) is 3.16. The molecule has 0 atom stereocenters. The van der Waals surface area contributed by atoms with Crippen molar-refractivity contribution in [2.45, 2.75) is 26.4 Å². The van der Waals surface area contributed by atoms with Gasteiger partial charge in [-0.05, 0) is 61.4 Å². The minimum absolute atomic E-state index is 0.0754. The fraction of sp³-hybridized carbons (Fsp3) is 0.292. The Kier molecular flexibility index (Phi) is 7.60. The highest BCUT2D eigenvalue weighted by Crippen LogP contribution is 2.34. The molecule has 0 aromatic heterocycles. The van der Waals surface area contributed by atoms with E-state index >= 15 is 0 Å². The first-order valence-electron chi connectivity index (χ1n) is 10.5. The Morgan fingerprint density at radius 3 is 2.38 bits per heavy atom. The molecule has 0 saturated carbocycles. The molecule has 1 amide bonds. The van der Waals surface area contributed by atoms with Gasteiger partial charge >= 0.3 is 12.1 Å². The molecule has 180 valence electrons. The van der Waals surface area contributed by atoms with Crippen LogP contribution in [0.25, 0.3) is 6.08 Å². The van der Waals surface area contributed by atoms with Crippen molar-refractivity contribution in [1.82, 2.24) is 0 Å². The molecule has 1 heterocycles. The minimum atomic E-state index is -4.87. The molecule has 0 saturated heterocycles. The van der Waals surface area contributed by atoms with Crippen LogP contribution < -0.4 is 14.5 Å². The van der Waals surface area contributed by atoms with E-state index in [2.05, 4.69) is 5.10 Å². The van der Waals surface area contributed by atoms with Crippen LogP contribution in [0.3, 0.4) is 0 Å². The molecule has 2 aromatic carbocycles. The van der Waals surface area contributed by atoms with E-state index in [9.17, 15) is 22.8 Å². The zero-order valence-electron chi connectivity index (χ0n) is 18.8. The Labute approximate surface area is 194 Å². The quantitative estimate of drug-likeness (QED) is 0.396. The molecule has 0 aliphatic carbocycles. The maximum absolute atomic E-state index is 13.7. The number of alkyl halides is 3. The van der Waals surface area contributed by atoms with Crippen molar-refractivity contribution in [2.24, 2.45) is 5.10 Å². The van der Waals surface area contributed by atoms with Crippen LogP contribution >= 0.6 is 0 Å². The van der Waals surface area contributed by atoms with Crippen molar-refractivity contribution in [3.05, 3.63) is 59.2 Å². The van der Waals surface area contributed by atoms with Gasteiger partial charge in [0.15, 0.2) is 17.2 Å². The summed E-state index contributed by atoms with van der Waals surface area (Å²) in [5.74, 6) is -0.782. The van der Waals surface area contributed by atoms with E-state index in [-0.39, 0.29) is 17.9 Å². The molecular formula is C24H23F3N2O5. The lowest BCUT2D eigenvalue weighted by Crippen LogP contribution is -2.25. The van der Waals surface area contributed by atoms with Crippen LogP contribution in [0.5, 0.6) is 11.5 Å². The lowest BCUT2D eigenvalue weighted by Gasteiger charge is -2.12. The number of anilines is 1. The van der Waals surface area contributed by atoms with Gasteiger partial charge in [0, 0.05) is 0 Å². The molecule has 0 fully saturated rings. The molecule has 1 aliphatic heterocycles. The Hall–Kier alpha value is -3.82. The summed E-state index contributed by atoms with van der Waals surface area (Å²) in [4.78, 5) is 24.9. The highest BCUT2D eigenvalue weighted by molar-refractivity contribution is 6.34. The van der Waals surface area contributed by atoms with Gasteiger partial charge in [-0.1, -0.05) is 13.0 Å². The Balaban J connectivity index is 1.95. The zero-order valence-corrected chi connectivity index (χ0v) is 18.8. The van der Waals surface area contributed by atoms with Gasteiger partial charge in [0.05, 0.1) is 37.1 Å². The Morgan fingerprint density at radius 1 is 1.09 bits per heavy atom. The standard InChI is InChI=1S/C24H23F3N2O5/c1-4-12-34-23(31)16-7-9-17(10-8-16)29-22(30)18(21(28-29)24(25,26)27)13-15-6-11-19(33-5-2)20(14-15)32-3/h6-11,13-14H,4-5,12H2,1-3H3. The van der Waals surface area contributed by atoms with Gasteiger partial charge in [0.25, 0.3) is 5.91 Å². The number of hydrazone groups is 1. The van der Waals surface area contributed by atoms with E-state index < -0.39 is 29.3 Å². The maximum Gasteiger partial charge on any atom is 0.435 e. The maximum atomic E-state index is 13.7. The molecular weight excluding hydrogens is 453 g/mol. The van der Waals surface area contributed by atoms with Gasteiger partial charge < -0.3 is 14.2 Å². The molecule has 3 rings (SSSR count). The topological polar surface area (TPSA) is 77.4 Å². The summed E-state index contributed by atoms with van der Waals surface area (Å²) in [7, 11) is 1.40. The summed E-state index contributed by atoms with van der Waals surface area (Å²) in [5.41, 5.74) is -1.36. The Morgan fingerprint density at radius 2 is 1.79 bits per heavy atom. The van der Waals surface area contributed by atoms with Gasteiger partial charge in [-0.3, -0.25) is 4.79 Å². The number of methoxy groups -OCH3 is 1. The van der Waals surface area contributed by atoms with Crippen molar-refractivity contribution in [2.75, 3.05) is 25.3 Å². The average molecular weight is 476 g/mol. The van der Waals surface area contributed by atoms with Crippen LogP contribution in [0.1, 0.15) is 36.2 Å². The molecule has 0 N–H and O–H groups in total. The monoisotopic (exact) mass is 476 g/mol. The predicted molar refractivity (Wildman–Crippen MR) is 120 cm³/mol. The number of rotatable bonds is 8. The molecule has 0 unspecified atom stereocenters. The van der Waals surface area contributed by atoms with E-state index in [1.807, 2.05) is 6.92 Å². The normalized spacial score (nSPS) is 14.9. The third kappa shape index (κ3) is 5.38. The Bertz CT molecular complexity index is 1120. The number of carbonyl (C=O) groups excluding carboxylic acids is 2. The summed E-state index contributed by atoms with van der Waals surface area (Å²) in [6.07, 6.45) is -3.12.